The van der Waals surface area contributed by atoms with Crippen LogP contribution in [0.15, 0.2) is 139 Å². The molecule has 0 spiro atoms. The molecule has 0 saturated carbocycles. The zero-order chi connectivity index (χ0) is 26.5. The van der Waals surface area contributed by atoms with Crippen LogP contribution in [0.2, 0.25) is 0 Å². The number of halogens is 1. The molecule has 4 rings (SSSR count). The maximum absolute atomic E-state index is 4.51. The van der Waals surface area contributed by atoms with Crippen molar-refractivity contribution < 1.29 is 0 Å². The van der Waals surface area contributed by atoms with Gasteiger partial charge in [0, 0.05) is 0 Å². The average Bonchev–Trinajstić information content (AvgIpc) is 2.99. The van der Waals surface area contributed by atoms with Crippen molar-refractivity contribution in [3.63, 3.8) is 0 Å². The Bertz CT molecular complexity index is 1300. The Morgan fingerprint density at radius 2 is 1.16 bits per heavy atom. The molecular weight excluding hydrogens is 543 g/mol. The predicted molar refractivity (Wildman–Crippen MR) is 174 cm³/mol. The molecule has 0 aromatic heterocycles. The van der Waals surface area contributed by atoms with Crippen LogP contribution in [-0.4, -0.2) is 6.16 Å². The van der Waals surface area contributed by atoms with Gasteiger partial charge in [0.1, 0.15) is 0 Å². The molecule has 38 heavy (non-hydrogen) atoms. The molecule has 4 aromatic carbocycles. The van der Waals surface area contributed by atoms with E-state index in [1.807, 2.05) is 6.07 Å². The first-order valence-electron chi connectivity index (χ1n) is 13.5. The predicted octanol–water partition coefficient (Wildman–Crippen LogP) is 9.05. The third-order valence-electron chi connectivity index (χ3n) is 6.94. The van der Waals surface area contributed by atoms with E-state index in [2.05, 4.69) is 168 Å². The molecule has 0 aliphatic carbocycles. The first-order chi connectivity index (χ1) is 18.6. The monoisotopic (exact) mass is 578 g/mol. The van der Waals surface area contributed by atoms with Gasteiger partial charge in [0.2, 0.25) is 0 Å². The van der Waals surface area contributed by atoms with Crippen molar-refractivity contribution in [1.29, 1.82) is 0 Å². The maximum atomic E-state index is 4.51. The number of allylic oxidation sites excluding steroid dienone is 3. The minimum absolute atomic E-state index is 0.719. The Kier molecular flexibility index (Phi) is 9.95. The quantitative estimate of drug-likeness (QED) is 0.0761. The molecule has 0 nitrogen and oxygen atoms in total. The van der Waals surface area contributed by atoms with E-state index in [-0.39, 0.29) is 0 Å². The molecule has 0 radical (unpaired) electrons. The molecule has 0 saturated heterocycles. The van der Waals surface area contributed by atoms with Gasteiger partial charge >= 0.3 is 238 Å². The van der Waals surface area contributed by atoms with Crippen molar-refractivity contribution >= 4 is 42.8 Å². The number of hydrogen-bond acceptors (Lipinski definition) is 0. The fourth-order valence-electron chi connectivity index (χ4n) is 4.83. The van der Waals surface area contributed by atoms with Crippen LogP contribution in [0.4, 0.5) is 0 Å². The van der Waals surface area contributed by atoms with Gasteiger partial charge in [-0.15, -0.1) is 0 Å². The van der Waals surface area contributed by atoms with Crippen LogP contribution in [0.25, 0.3) is 6.08 Å². The molecule has 192 valence electrons. The summed E-state index contributed by atoms with van der Waals surface area (Å²) in [6, 6.07) is 43.1. The van der Waals surface area contributed by atoms with Gasteiger partial charge in [0.05, 0.1) is 0 Å². The fraction of sp³-hybridized carbons (Fsp3) is 0.167. The van der Waals surface area contributed by atoms with Gasteiger partial charge in [-0.1, -0.05) is 0 Å². The molecule has 0 unspecified atom stereocenters. The molecule has 2 heteroatoms. The normalized spacial score (nSPS) is 12.9. The minimum atomic E-state index is -3.04. The zero-order valence-corrected chi connectivity index (χ0v) is 24.6. The second-order valence-electron chi connectivity index (χ2n) is 9.57. The number of rotatable bonds is 10. The molecule has 0 atom stereocenters. The van der Waals surface area contributed by atoms with E-state index in [0.717, 1.165) is 19.0 Å². The van der Waals surface area contributed by atoms with Crippen LogP contribution in [0.5, 0.6) is 0 Å². The van der Waals surface area contributed by atoms with E-state index in [1.165, 1.54) is 39.9 Å². The number of unbranched alkanes of at least 4 members (excludes halogenated alkanes) is 2. The van der Waals surface area contributed by atoms with Crippen molar-refractivity contribution in [2.75, 3.05) is 6.16 Å². The Morgan fingerprint density at radius 3 is 1.63 bits per heavy atom. The van der Waals surface area contributed by atoms with Gasteiger partial charge in [-0.05, 0) is 0 Å². The topological polar surface area (TPSA) is 0 Å². The Morgan fingerprint density at radius 1 is 0.684 bits per heavy atom. The van der Waals surface area contributed by atoms with Crippen LogP contribution in [-0.2, 0) is 0 Å². The Hall–Kier alpha value is -3.17. The van der Waals surface area contributed by atoms with Crippen LogP contribution in [0.1, 0.15) is 38.2 Å². The summed E-state index contributed by atoms with van der Waals surface area (Å²) >= 11 is 4.51. The van der Waals surface area contributed by atoms with Crippen LogP contribution in [0.3, 0.4) is 0 Å². The number of hydrogen-bond donors (Lipinski definition) is 0. The first kappa shape index (κ1) is 27.9. The molecule has 0 N–H and O–H groups in total. The fourth-order valence-corrected chi connectivity index (χ4v) is 11.5. The SMILES string of the molecule is CCCCC/C(C#CCP(Br)(c1ccccc1)(c1ccccc1)c1ccccc1)=C/C=C/c1ccccc1. The molecule has 4 aromatic rings. The third kappa shape index (κ3) is 6.45. The summed E-state index contributed by atoms with van der Waals surface area (Å²) in [5, 5.41) is 0.854. The van der Waals surface area contributed by atoms with Gasteiger partial charge < -0.3 is 0 Å². The van der Waals surface area contributed by atoms with Gasteiger partial charge in [-0.25, -0.2) is 0 Å². The molecule has 0 heterocycles. The van der Waals surface area contributed by atoms with Crippen molar-refractivity contribution in [3.05, 3.63) is 145 Å². The van der Waals surface area contributed by atoms with E-state index in [9.17, 15) is 0 Å². The van der Waals surface area contributed by atoms with E-state index in [0.29, 0.717) is 0 Å². The van der Waals surface area contributed by atoms with Gasteiger partial charge in [-0.3, -0.25) is 0 Å². The van der Waals surface area contributed by atoms with Gasteiger partial charge in [0.25, 0.3) is 0 Å². The molecule has 0 aliphatic rings. The van der Waals surface area contributed by atoms with Gasteiger partial charge in [0.15, 0.2) is 0 Å². The Balaban J connectivity index is 1.79. The summed E-state index contributed by atoms with van der Waals surface area (Å²) in [5.41, 5.74) is 2.39. The summed E-state index contributed by atoms with van der Waals surface area (Å²) < 4.78 is 0. The zero-order valence-electron chi connectivity index (χ0n) is 22.1. The van der Waals surface area contributed by atoms with Gasteiger partial charge in [-0.2, -0.15) is 0 Å². The van der Waals surface area contributed by atoms with E-state index >= 15 is 0 Å². The van der Waals surface area contributed by atoms with Crippen LogP contribution < -0.4 is 15.9 Å². The van der Waals surface area contributed by atoms with E-state index in [1.54, 1.807) is 0 Å². The summed E-state index contributed by atoms with van der Waals surface area (Å²) in [7, 11) is 0. The van der Waals surface area contributed by atoms with Crippen molar-refractivity contribution in [1.82, 2.24) is 0 Å². The van der Waals surface area contributed by atoms with Crippen molar-refractivity contribution in [3.8, 4) is 11.8 Å². The standard InChI is InChI=1S/C36H36BrP/c1-2-3-8-19-33(23-17-22-32-20-9-4-10-21-32)24-18-31-38(37,34-25-11-5-12-26-34,35-27-13-6-14-28-35)36-29-15-7-16-30-36/h4-7,9-17,20-23,25-30H,2-3,8,19,31H2,1H3/b22-17+,33-23-. The van der Waals surface area contributed by atoms with E-state index in [4.69, 9.17) is 0 Å². The van der Waals surface area contributed by atoms with Crippen molar-refractivity contribution in [2.24, 2.45) is 0 Å². The molecule has 0 fully saturated rings. The number of benzene rings is 4. The molecule has 0 aliphatic heterocycles. The second-order valence-corrected chi connectivity index (χ2v) is 18.5. The molecule has 0 amide bonds. The third-order valence-corrected chi connectivity index (χ3v) is 16.3. The average molecular weight is 580 g/mol. The van der Waals surface area contributed by atoms with E-state index < -0.39 is 5.31 Å². The first-order valence-corrected chi connectivity index (χ1v) is 17.9. The summed E-state index contributed by atoms with van der Waals surface area (Å²) in [4.78, 5) is 0. The summed E-state index contributed by atoms with van der Waals surface area (Å²) in [6.45, 7) is 2.25. The second kappa shape index (κ2) is 13.6. The molecule has 0 bridgehead atoms. The van der Waals surface area contributed by atoms with Crippen LogP contribution >= 0.6 is 20.8 Å². The van der Waals surface area contributed by atoms with Crippen molar-refractivity contribution in [2.45, 2.75) is 32.6 Å². The Labute approximate surface area is 237 Å². The summed E-state index contributed by atoms with van der Waals surface area (Å²) in [6.07, 6.45) is 11.8. The van der Waals surface area contributed by atoms with Crippen LogP contribution in [0, 0.1) is 11.8 Å². The molecular formula is C36H36BrP. The summed E-state index contributed by atoms with van der Waals surface area (Å²) in [5.74, 6) is 7.31.